The Balaban J connectivity index is 1.74. The van der Waals surface area contributed by atoms with Gasteiger partial charge in [-0.2, -0.15) is 0 Å². The number of nitrogens with one attached hydrogen (secondary N) is 1. The molecule has 3 N–H and O–H groups in total. The summed E-state index contributed by atoms with van der Waals surface area (Å²) in [6.07, 6.45) is 5.04. The third-order valence-electron chi connectivity index (χ3n) is 3.06. The average Bonchev–Trinajstić information content (AvgIpc) is 2.58. The first-order chi connectivity index (χ1) is 11.2. The molecule has 0 atom stereocenters. The molecule has 2 heterocycles. The molecule has 0 aliphatic heterocycles. The van der Waals surface area contributed by atoms with Crippen LogP contribution in [0.4, 0.5) is 11.5 Å². The first kappa shape index (κ1) is 15.6. The summed E-state index contributed by atoms with van der Waals surface area (Å²) >= 11 is 7.37. The Bertz CT molecular complexity index is 780. The van der Waals surface area contributed by atoms with Crippen LogP contribution in [0.25, 0.3) is 0 Å². The van der Waals surface area contributed by atoms with Crippen molar-refractivity contribution >= 4 is 34.9 Å². The predicted molar refractivity (Wildman–Crippen MR) is 93.6 cm³/mol. The van der Waals surface area contributed by atoms with E-state index in [0.717, 1.165) is 10.5 Å². The SMILES string of the molecule is Nc1c(NCc2cccnc2)ncnc1Sc1ccc(Cl)cc1. The lowest BCUT2D eigenvalue weighted by molar-refractivity contribution is 1.02. The minimum absolute atomic E-state index is 0.524. The van der Waals surface area contributed by atoms with E-state index < -0.39 is 0 Å². The van der Waals surface area contributed by atoms with Crippen molar-refractivity contribution in [2.45, 2.75) is 16.5 Å². The van der Waals surface area contributed by atoms with Gasteiger partial charge < -0.3 is 11.1 Å². The lowest BCUT2D eigenvalue weighted by atomic mass is 10.3. The van der Waals surface area contributed by atoms with E-state index in [1.54, 1.807) is 12.4 Å². The number of nitrogen functional groups attached to an aromatic ring is 1. The standard InChI is InChI=1S/C16H14ClN5S/c17-12-3-5-13(6-4-12)23-16-14(18)15(21-10-22-16)20-9-11-2-1-7-19-8-11/h1-8,10H,9,18H2,(H,20,21,22). The zero-order valence-corrected chi connectivity index (χ0v) is 13.7. The molecular formula is C16H14ClN5S. The van der Waals surface area contributed by atoms with Crippen LogP contribution in [0, 0.1) is 0 Å². The second kappa shape index (κ2) is 7.30. The molecule has 0 amide bonds. The van der Waals surface area contributed by atoms with Gasteiger partial charge in [0.15, 0.2) is 5.82 Å². The van der Waals surface area contributed by atoms with Crippen LogP contribution in [-0.4, -0.2) is 15.0 Å². The van der Waals surface area contributed by atoms with Crippen LogP contribution in [0.3, 0.4) is 0 Å². The molecule has 7 heteroatoms. The summed E-state index contributed by atoms with van der Waals surface area (Å²) < 4.78 is 0. The first-order valence-electron chi connectivity index (χ1n) is 6.89. The van der Waals surface area contributed by atoms with Gasteiger partial charge >= 0.3 is 0 Å². The van der Waals surface area contributed by atoms with Crippen LogP contribution in [-0.2, 0) is 6.54 Å². The Hall–Kier alpha value is -2.31. The van der Waals surface area contributed by atoms with Crippen LogP contribution in [0.1, 0.15) is 5.56 Å². The number of hydrogen-bond donors (Lipinski definition) is 2. The highest BCUT2D eigenvalue weighted by molar-refractivity contribution is 7.99. The molecule has 3 aromatic rings. The molecule has 1 aromatic carbocycles. The molecule has 0 radical (unpaired) electrons. The average molecular weight is 344 g/mol. The van der Waals surface area contributed by atoms with Gasteiger partial charge in [0.25, 0.3) is 0 Å². The molecule has 0 saturated heterocycles. The van der Waals surface area contributed by atoms with Crippen molar-refractivity contribution in [3.05, 3.63) is 65.7 Å². The van der Waals surface area contributed by atoms with Crippen molar-refractivity contribution in [1.82, 2.24) is 15.0 Å². The third kappa shape index (κ3) is 4.12. The molecule has 23 heavy (non-hydrogen) atoms. The number of aromatic nitrogens is 3. The number of benzene rings is 1. The Morgan fingerprint density at radius 2 is 1.96 bits per heavy atom. The van der Waals surface area contributed by atoms with Crippen LogP contribution < -0.4 is 11.1 Å². The van der Waals surface area contributed by atoms with Gasteiger partial charge in [-0.1, -0.05) is 29.4 Å². The molecule has 0 aliphatic rings. The Kier molecular flexibility index (Phi) is 4.95. The zero-order valence-electron chi connectivity index (χ0n) is 12.1. The van der Waals surface area contributed by atoms with E-state index in [9.17, 15) is 0 Å². The number of hydrogen-bond acceptors (Lipinski definition) is 6. The second-order valence-corrected chi connectivity index (χ2v) is 6.21. The van der Waals surface area contributed by atoms with Crippen LogP contribution >= 0.6 is 23.4 Å². The summed E-state index contributed by atoms with van der Waals surface area (Å²) in [6, 6.07) is 11.4. The molecule has 116 valence electrons. The van der Waals surface area contributed by atoms with Crippen LogP contribution in [0.2, 0.25) is 5.02 Å². The highest BCUT2D eigenvalue weighted by atomic mass is 35.5. The van der Waals surface area contributed by atoms with E-state index in [1.807, 2.05) is 36.4 Å². The number of pyridine rings is 1. The Morgan fingerprint density at radius 1 is 1.13 bits per heavy atom. The maximum absolute atomic E-state index is 6.18. The zero-order chi connectivity index (χ0) is 16.1. The molecule has 0 unspecified atom stereocenters. The van der Waals surface area contributed by atoms with Gasteiger partial charge in [0, 0.05) is 28.9 Å². The Morgan fingerprint density at radius 3 is 2.70 bits per heavy atom. The van der Waals surface area contributed by atoms with E-state index in [1.165, 1.54) is 18.1 Å². The number of anilines is 2. The van der Waals surface area contributed by atoms with Gasteiger partial charge in [-0.05, 0) is 35.9 Å². The number of rotatable bonds is 5. The summed E-state index contributed by atoms with van der Waals surface area (Å²) in [5, 5.41) is 4.62. The highest BCUT2D eigenvalue weighted by Gasteiger charge is 2.09. The fraction of sp³-hybridized carbons (Fsp3) is 0.0625. The van der Waals surface area contributed by atoms with Gasteiger partial charge in [-0.25, -0.2) is 9.97 Å². The largest absolute Gasteiger partial charge is 0.394 e. The van der Waals surface area contributed by atoms with Gasteiger partial charge in [-0.15, -0.1) is 0 Å². The van der Waals surface area contributed by atoms with Gasteiger partial charge in [0.2, 0.25) is 0 Å². The summed E-state index contributed by atoms with van der Waals surface area (Å²) in [5.74, 6) is 0.611. The molecule has 0 saturated carbocycles. The van der Waals surface area contributed by atoms with Gasteiger partial charge in [-0.3, -0.25) is 4.98 Å². The van der Waals surface area contributed by atoms with Gasteiger partial charge in [0.05, 0.1) is 0 Å². The molecular weight excluding hydrogens is 330 g/mol. The van der Waals surface area contributed by atoms with Crippen molar-refractivity contribution in [3.8, 4) is 0 Å². The van der Waals surface area contributed by atoms with E-state index in [4.69, 9.17) is 17.3 Å². The van der Waals surface area contributed by atoms with Crippen molar-refractivity contribution in [3.63, 3.8) is 0 Å². The number of nitrogens with zero attached hydrogens (tertiary/aromatic N) is 3. The third-order valence-corrected chi connectivity index (χ3v) is 4.34. The topological polar surface area (TPSA) is 76.7 Å². The monoisotopic (exact) mass is 343 g/mol. The maximum atomic E-state index is 6.18. The minimum atomic E-state index is 0.524. The minimum Gasteiger partial charge on any atom is -0.394 e. The fourth-order valence-corrected chi connectivity index (χ4v) is 2.83. The quantitative estimate of drug-likeness (QED) is 0.685. The van der Waals surface area contributed by atoms with E-state index in [2.05, 4.69) is 20.3 Å². The summed E-state index contributed by atoms with van der Waals surface area (Å²) in [6.45, 7) is 0.597. The second-order valence-electron chi connectivity index (χ2n) is 4.71. The molecule has 0 aliphatic carbocycles. The van der Waals surface area contributed by atoms with Crippen molar-refractivity contribution in [2.24, 2.45) is 0 Å². The summed E-state index contributed by atoms with van der Waals surface area (Å²) in [4.78, 5) is 13.6. The van der Waals surface area contributed by atoms with E-state index in [0.29, 0.717) is 28.1 Å². The van der Waals surface area contributed by atoms with Crippen LogP contribution in [0.15, 0.2) is 65.0 Å². The normalized spacial score (nSPS) is 10.5. The van der Waals surface area contributed by atoms with Crippen molar-refractivity contribution in [2.75, 3.05) is 11.1 Å². The Labute approximate surface area is 143 Å². The predicted octanol–water partition coefficient (Wildman–Crippen LogP) is 3.87. The van der Waals surface area contributed by atoms with E-state index >= 15 is 0 Å². The molecule has 0 spiro atoms. The van der Waals surface area contributed by atoms with Gasteiger partial charge in [0.1, 0.15) is 17.0 Å². The van der Waals surface area contributed by atoms with Crippen molar-refractivity contribution < 1.29 is 0 Å². The smallest absolute Gasteiger partial charge is 0.154 e. The number of nitrogens with two attached hydrogens (primary N) is 1. The van der Waals surface area contributed by atoms with Crippen LogP contribution in [0.5, 0.6) is 0 Å². The van der Waals surface area contributed by atoms with E-state index in [-0.39, 0.29) is 0 Å². The summed E-state index contributed by atoms with van der Waals surface area (Å²) in [7, 11) is 0. The fourth-order valence-electron chi connectivity index (χ4n) is 1.90. The molecule has 5 nitrogen and oxygen atoms in total. The van der Waals surface area contributed by atoms with Crippen molar-refractivity contribution in [1.29, 1.82) is 0 Å². The number of halogens is 1. The summed E-state index contributed by atoms with van der Waals surface area (Å²) in [5.41, 5.74) is 7.75. The first-order valence-corrected chi connectivity index (χ1v) is 8.08. The molecule has 0 fully saturated rings. The maximum Gasteiger partial charge on any atom is 0.154 e. The molecule has 2 aromatic heterocycles. The lowest BCUT2D eigenvalue weighted by Crippen LogP contribution is -2.06. The lowest BCUT2D eigenvalue weighted by Gasteiger charge is -2.10. The molecule has 0 bridgehead atoms. The molecule has 3 rings (SSSR count). The highest BCUT2D eigenvalue weighted by Crippen LogP contribution is 2.33.